The second-order valence-electron chi connectivity index (χ2n) is 4.77. The lowest BCUT2D eigenvalue weighted by atomic mass is 10.2. The fourth-order valence-corrected chi connectivity index (χ4v) is 2.11. The molecule has 0 fully saturated rings. The predicted molar refractivity (Wildman–Crippen MR) is 83.2 cm³/mol. The monoisotopic (exact) mass is 285 g/mol. The first-order chi connectivity index (χ1) is 10.7. The minimum atomic E-state index is -0.0543. The van der Waals surface area contributed by atoms with E-state index in [1.807, 2.05) is 67.7 Å². The summed E-state index contributed by atoms with van der Waals surface area (Å²) in [4.78, 5) is 9.02. The molecule has 0 bridgehead atoms. The van der Waals surface area contributed by atoms with E-state index in [0.717, 1.165) is 5.56 Å². The second-order valence-corrected chi connectivity index (χ2v) is 4.77. The second kappa shape index (κ2) is 5.57. The SMILES string of the molecule is Cc1cc[n+](-c2nc3ccccc3nc2C(=C=[N-])C#N)cc1. The number of allylic oxidation sites excluding steroid dienone is 1. The molecule has 0 unspecified atom stereocenters. The number of pyridine rings is 1. The van der Waals surface area contributed by atoms with Gasteiger partial charge in [-0.3, -0.25) is 0 Å². The zero-order chi connectivity index (χ0) is 15.5. The summed E-state index contributed by atoms with van der Waals surface area (Å²) in [5.74, 6) is 2.36. The van der Waals surface area contributed by atoms with E-state index < -0.39 is 0 Å². The van der Waals surface area contributed by atoms with Crippen LogP contribution in [0.1, 0.15) is 11.3 Å². The Balaban J connectivity index is 2.35. The Morgan fingerprint density at radius 3 is 2.32 bits per heavy atom. The van der Waals surface area contributed by atoms with Crippen molar-refractivity contribution in [1.29, 1.82) is 5.26 Å². The van der Waals surface area contributed by atoms with Crippen LogP contribution in [0.2, 0.25) is 0 Å². The van der Waals surface area contributed by atoms with Crippen molar-refractivity contribution in [2.24, 2.45) is 0 Å². The molecule has 0 atom stereocenters. The Kier molecular flexibility index (Phi) is 3.45. The van der Waals surface area contributed by atoms with Gasteiger partial charge in [-0.15, -0.1) is 0 Å². The zero-order valence-electron chi connectivity index (χ0n) is 11.9. The quantitative estimate of drug-likeness (QED) is 0.412. The van der Waals surface area contributed by atoms with Crippen LogP contribution in [0.3, 0.4) is 0 Å². The molecule has 3 aromatic rings. The fraction of sp³-hybridized carbons (Fsp3) is 0.0588. The Bertz CT molecular complexity index is 945. The Hall–Kier alpha value is -3.35. The molecular weight excluding hydrogens is 274 g/mol. The smallest absolute Gasteiger partial charge is 0.356 e. The van der Waals surface area contributed by atoms with E-state index >= 15 is 0 Å². The van der Waals surface area contributed by atoms with E-state index in [2.05, 4.69) is 9.97 Å². The number of hydrogen-bond acceptors (Lipinski definition) is 3. The van der Waals surface area contributed by atoms with Crippen LogP contribution in [0.5, 0.6) is 0 Å². The van der Waals surface area contributed by atoms with Crippen LogP contribution in [0.25, 0.3) is 27.8 Å². The van der Waals surface area contributed by atoms with Gasteiger partial charge in [-0.2, -0.15) is 5.26 Å². The molecule has 22 heavy (non-hydrogen) atoms. The van der Waals surface area contributed by atoms with Gasteiger partial charge in [-0.25, -0.2) is 15.4 Å². The van der Waals surface area contributed by atoms with Crippen molar-refractivity contribution in [3.8, 4) is 11.9 Å². The van der Waals surface area contributed by atoms with Gasteiger partial charge in [0.05, 0.1) is 12.4 Å². The van der Waals surface area contributed by atoms with E-state index in [9.17, 15) is 10.7 Å². The summed E-state index contributed by atoms with van der Waals surface area (Å²) < 4.78 is 1.76. The summed E-state index contributed by atoms with van der Waals surface area (Å²) in [5.41, 5.74) is 2.71. The van der Waals surface area contributed by atoms with Crippen molar-refractivity contribution in [2.45, 2.75) is 6.92 Å². The van der Waals surface area contributed by atoms with Crippen LogP contribution in [0, 0.1) is 18.3 Å². The maximum atomic E-state index is 9.18. The Morgan fingerprint density at radius 2 is 1.73 bits per heavy atom. The maximum absolute atomic E-state index is 9.18. The van der Waals surface area contributed by atoms with Gasteiger partial charge >= 0.3 is 5.82 Å². The van der Waals surface area contributed by atoms with Gasteiger partial charge in [0.1, 0.15) is 17.2 Å². The third kappa shape index (κ3) is 2.35. The molecule has 2 aromatic heterocycles. The van der Waals surface area contributed by atoms with Gasteiger partial charge in [0.2, 0.25) is 5.52 Å². The number of benzene rings is 1. The minimum Gasteiger partial charge on any atom is -0.762 e. The van der Waals surface area contributed by atoms with Crippen molar-refractivity contribution in [2.75, 3.05) is 0 Å². The van der Waals surface area contributed by atoms with Crippen molar-refractivity contribution in [3.05, 3.63) is 65.5 Å². The van der Waals surface area contributed by atoms with Gasteiger partial charge in [0.15, 0.2) is 5.69 Å². The van der Waals surface area contributed by atoms with E-state index in [4.69, 9.17) is 0 Å². The molecule has 0 saturated heterocycles. The lowest BCUT2D eigenvalue weighted by Gasteiger charge is -2.03. The van der Waals surface area contributed by atoms with Crippen LogP contribution in [0.4, 0.5) is 0 Å². The summed E-state index contributed by atoms with van der Waals surface area (Å²) >= 11 is 0. The molecule has 0 aliphatic carbocycles. The average molecular weight is 285 g/mol. The van der Waals surface area contributed by atoms with Gasteiger partial charge in [0, 0.05) is 0 Å². The third-order valence-corrected chi connectivity index (χ3v) is 3.25. The third-order valence-electron chi connectivity index (χ3n) is 3.25. The van der Waals surface area contributed by atoms with E-state index in [1.165, 1.54) is 0 Å². The lowest BCUT2D eigenvalue weighted by molar-refractivity contribution is -0.599. The molecule has 3 rings (SSSR count). The number of nitrogens with zero attached hydrogens (tertiary/aromatic N) is 5. The number of aromatic nitrogens is 3. The molecule has 0 aliphatic heterocycles. The first kappa shape index (κ1) is 13.6. The first-order valence-corrected chi connectivity index (χ1v) is 6.65. The number of hydrogen-bond donors (Lipinski definition) is 0. The molecule has 0 saturated carbocycles. The molecule has 0 spiro atoms. The van der Waals surface area contributed by atoms with Crippen molar-refractivity contribution in [3.63, 3.8) is 0 Å². The molecule has 0 amide bonds. The molecule has 0 radical (unpaired) electrons. The molecule has 5 nitrogen and oxygen atoms in total. The standard InChI is InChI=1S/C17H11N5/c1-12-6-8-22(9-7-12)17-16(13(10-18)11-19)20-14-4-2-3-5-15(14)21-17/h2-9H,1H3. The number of aryl methyl sites for hydroxylation is 1. The minimum absolute atomic E-state index is 0.0543. The summed E-state index contributed by atoms with van der Waals surface area (Å²) in [6.07, 6.45) is 3.67. The molecule has 104 valence electrons. The maximum Gasteiger partial charge on any atom is 0.356 e. The van der Waals surface area contributed by atoms with Crippen molar-refractivity contribution in [1.82, 2.24) is 9.97 Å². The van der Waals surface area contributed by atoms with Crippen LogP contribution >= 0.6 is 0 Å². The molecule has 1 aromatic carbocycles. The van der Waals surface area contributed by atoms with Crippen LogP contribution in [0.15, 0.2) is 48.8 Å². The highest BCUT2D eigenvalue weighted by Crippen LogP contribution is 2.18. The largest absolute Gasteiger partial charge is 0.762 e. The summed E-state index contributed by atoms with van der Waals surface area (Å²) in [6.45, 7) is 1.99. The van der Waals surface area contributed by atoms with Gasteiger partial charge in [-0.1, -0.05) is 12.1 Å². The number of fused-ring (bicyclic) bond motifs is 1. The fourth-order valence-electron chi connectivity index (χ4n) is 2.11. The molecule has 2 heterocycles. The Labute approximate surface area is 127 Å². The number of para-hydroxylation sites is 2. The Morgan fingerprint density at radius 1 is 1.09 bits per heavy atom. The number of nitriles is 1. The molecule has 0 N–H and O–H groups in total. The summed E-state index contributed by atoms with van der Waals surface area (Å²) in [6, 6.07) is 13.1. The summed E-state index contributed by atoms with van der Waals surface area (Å²) in [7, 11) is 0. The highest BCUT2D eigenvalue weighted by molar-refractivity contribution is 5.99. The normalized spacial score (nSPS) is 10.0. The van der Waals surface area contributed by atoms with E-state index in [-0.39, 0.29) is 11.3 Å². The number of rotatable bonds is 2. The molecular formula is C17H11N5. The van der Waals surface area contributed by atoms with Crippen LogP contribution in [-0.4, -0.2) is 15.8 Å². The van der Waals surface area contributed by atoms with E-state index in [0.29, 0.717) is 16.9 Å². The zero-order valence-corrected chi connectivity index (χ0v) is 11.9. The summed E-state index contributed by atoms with van der Waals surface area (Å²) in [5, 5.41) is 18.4. The van der Waals surface area contributed by atoms with Gasteiger partial charge in [0.25, 0.3) is 0 Å². The van der Waals surface area contributed by atoms with Crippen molar-refractivity contribution >= 4 is 22.5 Å². The molecule has 5 heteroatoms. The van der Waals surface area contributed by atoms with Gasteiger partial charge in [-0.05, 0) is 41.7 Å². The van der Waals surface area contributed by atoms with Crippen LogP contribution in [-0.2, 0) is 0 Å². The average Bonchev–Trinajstić information content (AvgIpc) is 2.56. The van der Waals surface area contributed by atoms with Crippen LogP contribution < -0.4 is 4.57 Å². The molecule has 0 aliphatic rings. The highest BCUT2D eigenvalue weighted by Gasteiger charge is 2.21. The first-order valence-electron chi connectivity index (χ1n) is 6.65. The van der Waals surface area contributed by atoms with Crippen molar-refractivity contribution < 1.29 is 4.57 Å². The highest BCUT2D eigenvalue weighted by atomic mass is 15.1. The van der Waals surface area contributed by atoms with Gasteiger partial charge < -0.3 is 5.41 Å². The lowest BCUT2D eigenvalue weighted by Crippen LogP contribution is -2.33. The predicted octanol–water partition coefficient (Wildman–Crippen LogP) is 2.36. The van der Waals surface area contributed by atoms with E-state index in [1.54, 1.807) is 4.57 Å². The topological polar surface area (TPSA) is 75.8 Å².